The highest BCUT2D eigenvalue weighted by Gasteiger charge is 2.31. The molecule has 2 aromatic rings. The SMILES string of the molecule is COCCOc1ccc(C(F)(F)F)cc1NC(=O)c1cc(F)ccc1C. The van der Waals surface area contributed by atoms with E-state index in [1.807, 2.05) is 0 Å². The highest BCUT2D eigenvalue weighted by Crippen LogP contribution is 2.35. The smallest absolute Gasteiger partial charge is 0.416 e. The van der Waals surface area contributed by atoms with Crippen LogP contribution in [0.15, 0.2) is 36.4 Å². The fourth-order valence-corrected chi connectivity index (χ4v) is 2.19. The van der Waals surface area contributed by atoms with Gasteiger partial charge in [-0.05, 0) is 42.8 Å². The molecule has 0 saturated heterocycles. The maximum atomic E-state index is 13.4. The zero-order valence-corrected chi connectivity index (χ0v) is 14.1. The molecule has 0 aliphatic rings. The Hall–Kier alpha value is -2.61. The number of halogens is 4. The van der Waals surface area contributed by atoms with E-state index in [-0.39, 0.29) is 30.2 Å². The Morgan fingerprint density at radius 3 is 2.50 bits per heavy atom. The van der Waals surface area contributed by atoms with Gasteiger partial charge in [0.25, 0.3) is 5.91 Å². The summed E-state index contributed by atoms with van der Waals surface area (Å²) in [6, 6.07) is 6.36. The first-order valence-electron chi connectivity index (χ1n) is 7.63. The number of rotatable bonds is 6. The van der Waals surface area contributed by atoms with Gasteiger partial charge in [0.1, 0.15) is 18.2 Å². The molecule has 0 aliphatic carbocycles. The molecule has 4 nitrogen and oxygen atoms in total. The first-order valence-corrected chi connectivity index (χ1v) is 7.63. The zero-order chi connectivity index (χ0) is 19.3. The lowest BCUT2D eigenvalue weighted by molar-refractivity contribution is -0.137. The Balaban J connectivity index is 2.34. The molecule has 26 heavy (non-hydrogen) atoms. The minimum Gasteiger partial charge on any atom is -0.489 e. The second-order valence-electron chi connectivity index (χ2n) is 5.46. The molecule has 0 unspecified atom stereocenters. The summed E-state index contributed by atoms with van der Waals surface area (Å²) >= 11 is 0. The van der Waals surface area contributed by atoms with Crippen molar-refractivity contribution in [2.24, 2.45) is 0 Å². The zero-order valence-electron chi connectivity index (χ0n) is 14.1. The van der Waals surface area contributed by atoms with E-state index < -0.39 is 23.5 Å². The molecule has 0 fully saturated rings. The second-order valence-corrected chi connectivity index (χ2v) is 5.46. The highest BCUT2D eigenvalue weighted by molar-refractivity contribution is 6.06. The molecule has 1 amide bonds. The fraction of sp³-hybridized carbons (Fsp3) is 0.278. The van der Waals surface area contributed by atoms with Crippen LogP contribution >= 0.6 is 0 Å². The van der Waals surface area contributed by atoms with Crippen molar-refractivity contribution in [1.82, 2.24) is 0 Å². The van der Waals surface area contributed by atoms with Crippen molar-refractivity contribution in [3.8, 4) is 5.75 Å². The summed E-state index contributed by atoms with van der Waals surface area (Å²) in [5, 5.41) is 2.36. The van der Waals surface area contributed by atoms with Crippen molar-refractivity contribution in [2.75, 3.05) is 25.6 Å². The van der Waals surface area contributed by atoms with Gasteiger partial charge < -0.3 is 14.8 Å². The maximum absolute atomic E-state index is 13.4. The number of hydrogen-bond donors (Lipinski definition) is 1. The second kappa shape index (κ2) is 8.18. The minimum atomic E-state index is -4.58. The number of carbonyl (C=O) groups is 1. The number of ether oxygens (including phenoxy) is 2. The van der Waals surface area contributed by atoms with E-state index in [0.29, 0.717) is 5.56 Å². The van der Waals surface area contributed by atoms with E-state index in [9.17, 15) is 22.4 Å². The number of methoxy groups -OCH3 is 1. The van der Waals surface area contributed by atoms with Crippen LogP contribution in [0.3, 0.4) is 0 Å². The third-order valence-electron chi connectivity index (χ3n) is 3.54. The van der Waals surface area contributed by atoms with Crippen molar-refractivity contribution in [2.45, 2.75) is 13.1 Å². The van der Waals surface area contributed by atoms with Crippen LogP contribution in [0, 0.1) is 12.7 Å². The summed E-state index contributed by atoms with van der Waals surface area (Å²) in [6.45, 7) is 1.90. The van der Waals surface area contributed by atoms with Crippen LogP contribution < -0.4 is 10.1 Å². The lowest BCUT2D eigenvalue weighted by Gasteiger charge is -2.16. The van der Waals surface area contributed by atoms with Gasteiger partial charge in [0, 0.05) is 12.7 Å². The van der Waals surface area contributed by atoms with Crippen LogP contribution in [0.2, 0.25) is 0 Å². The summed E-state index contributed by atoms with van der Waals surface area (Å²) in [5.74, 6) is -1.31. The molecule has 0 bridgehead atoms. The number of hydrogen-bond acceptors (Lipinski definition) is 3. The topological polar surface area (TPSA) is 47.6 Å². The van der Waals surface area contributed by atoms with Gasteiger partial charge in [-0.15, -0.1) is 0 Å². The molecule has 0 heterocycles. The van der Waals surface area contributed by atoms with E-state index in [4.69, 9.17) is 9.47 Å². The number of alkyl halides is 3. The Kier molecular flexibility index (Phi) is 6.20. The molecule has 2 rings (SSSR count). The first kappa shape index (κ1) is 19.7. The van der Waals surface area contributed by atoms with Gasteiger partial charge in [-0.1, -0.05) is 6.07 Å². The summed E-state index contributed by atoms with van der Waals surface area (Å²) in [4.78, 5) is 12.4. The number of carbonyl (C=O) groups excluding carboxylic acids is 1. The van der Waals surface area contributed by atoms with Crippen molar-refractivity contribution < 1.29 is 31.8 Å². The molecule has 0 spiro atoms. The molecule has 1 N–H and O–H groups in total. The number of amides is 1. The van der Waals surface area contributed by atoms with Crippen LogP contribution in [-0.2, 0) is 10.9 Å². The van der Waals surface area contributed by atoms with Crippen molar-refractivity contribution in [3.05, 3.63) is 58.9 Å². The average Bonchev–Trinajstić information content (AvgIpc) is 2.57. The number of anilines is 1. The van der Waals surface area contributed by atoms with Gasteiger partial charge in [0.15, 0.2) is 0 Å². The maximum Gasteiger partial charge on any atom is 0.416 e. The van der Waals surface area contributed by atoms with E-state index in [2.05, 4.69) is 5.32 Å². The van der Waals surface area contributed by atoms with E-state index >= 15 is 0 Å². The fourth-order valence-electron chi connectivity index (χ4n) is 2.19. The van der Waals surface area contributed by atoms with Gasteiger partial charge in [-0.3, -0.25) is 4.79 Å². The van der Waals surface area contributed by atoms with Crippen molar-refractivity contribution in [3.63, 3.8) is 0 Å². The summed E-state index contributed by atoms with van der Waals surface area (Å²) in [6.07, 6.45) is -4.58. The van der Waals surface area contributed by atoms with Gasteiger partial charge in [0.05, 0.1) is 17.9 Å². The molecule has 8 heteroatoms. The van der Waals surface area contributed by atoms with Gasteiger partial charge in [-0.2, -0.15) is 13.2 Å². The van der Waals surface area contributed by atoms with Gasteiger partial charge in [-0.25, -0.2) is 4.39 Å². The highest BCUT2D eigenvalue weighted by atomic mass is 19.4. The summed E-state index contributed by atoms with van der Waals surface area (Å²) < 4.78 is 62.4. The van der Waals surface area contributed by atoms with Crippen LogP contribution in [-0.4, -0.2) is 26.2 Å². The third kappa shape index (κ3) is 4.95. The quantitative estimate of drug-likeness (QED) is 0.604. The van der Waals surface area contributed by atoms with Crippen LogP contribution in [0.1, 0.15) is 21.5 Å². The van der Waals surface area contributed by atoms with Crippen molar-refractivity contribution in [1.29, 1.82) is 0 Å². The Bertz CT molecular complexity index is 790. The molecule has 0 saturated carbocycles. The number of benzene rings is 2. The lowest BCUT2D eigenvalue weighted by atomic mass is 10.1. The average molecular weight is 371 g/mol. The normalized spacial score (nSPS) is 11.3. The van der Waals surface area contributed by atoms with Gasteiger partial charge in [0.2, 0.25) is 0 Å². The minimum absolute atomic E-state index is 0.0188. The van der Waals surface area contributed by atoms with Crippen molar-refractivity contribution >= 4 is 11.6 Å². The largest absolute Gasteiger partial charge is 0.489 e. The lowest BCUT2D eigenvalue weighted by Crippen LogP contribution is -2.16. The number of nitrogens with one attached hydrogen (secondary N) is 1. The molecule has 0 aromatic heterocycles. The Labute approximate surface area is 147 Å². The summed E-state index contributed by atoms with van der Waals surface area (Å²) in [5.41, 5.74) is -0.601. The first-order chi connectivity index (χ1) is 12.2. The third-order valence-corrected chi connectivity index (χ3v) is 3.54. The van der Waals surface area contributed by atoms with Crippen LogP contribution in [0.5, 0.6) is 5.75 Å². The molecular weight excluding hydrogens is 354 g/mol. The van der Waals surface area contributed by atoms with Gasteiger partial charge >= 0.3 is 6.18 Å². The monoisotopic (exact) mass is 371 g/mol. The molecule has 0 aliphatic heterocycles. The van der Waals surface area contributed by atoms with E-state index in [1.54, 1.807) is 6.92 Å². The Morgan fingerprint density at radius 1 is 1.12 bits per heavy atom. The number of aryl methyl sites for hydroxylation is 1. The predicted octanol–water partition coefficient (Wildman–Crippen LogP) is 4.43. The molecule has 0 atom stereocenters. The van der Waals surface area contributed by atoms with Crippen LogP contribution in [0.25, 0.3) is 0 Å². The summed E-state index contributed by atoms with van der Waals surface area (Å²) in [7, 11) is 1.45. The standard InChI is InChI=1S/C18H17F4NO3/c1-11-3-5-13(19)10-14(11)17(24)23-15-9-12(18(20,21)22)4-6-16(15)26-8-7-25-2/h3-6,9-10H,7-8H2,1-2H3,(H,23,24). The molecule has 140 valence electrons. The molecular formula is C18H17F4NO3. The molecule has 0 radical (unpaired) electrons. The predicted molar refractivity (Wildman–Crippen MR) is 87.9 cm³/mol. The van der Waals surface area contributed by atoms with E-state index in [1.165, 1.54) is 19.2 Å². The van der Waals surface area contributed by atoms with E-state index in [0.717, 1.165) is 24.3 Å². The van der Waals surface area contributed by atoms with Crippen LogP contribution in [0.4, 0.5) is 23.2 Å². The molecule has 2 aromatic carbocycles. The Morgan fingerprint density at radius 2 is 1.85 bits per heavy atom.